The maximum absolute atomic E-state index is 2.57. The minimum absolute atomic E-state index is 0.694. The number of nitrogens with zero attached hydrogens (tertiary/aromatic N) is 1. The fraction of sp³-hybridized carbons (Fsp3) is 1.00. The first-order chi connectivity index (χ1) is 7.14. The lowest BCUT2D eigenvalue weighted by Gasteiger charge is -2.51. The van der Waals surface area contributed by atoms with Gasteiger partial charge in [0.15, 0.2) is 0 Å². The summed E-state index contributed by atoms with van der Waals surface area (Å²) in [6, 6.07) is 0. The van der Waals surface area contributed by atoms with E-state index < -0.39 is 0 Å². The van der Waals surface area contributed by atoms with Crippen LogP contribution in [0.4, 0.5) is 0 Å². The summed E-state index contributed by atoms with van der Waals surface area (Å²) >= 11 is 0. The fourth-order valence-corrected chi connectivity index (χ4v) is 4.22. The average Bonchev–Trinajstić information content (AvgIpc) is 2.18. The molecule has 1 heteroatoms. The Kier molecular flexibility index (Phi) is 3.39. The van der Waals surface area contributed by atoms with Gasteiger partial charge in [-0.1, -0.05) is 33.1 Å². The van der Waals surface area contributed by atoms with Crippen LogP contribution in [0.25, 0.3) is 0 Å². The van der Waals surface area contributed by atoms with E-state index in [-0.39, 0.29) is 0 Å². The third-order valence-corrected chi connectivity index (χ3v) is 4.85. The molecule has 0 bridgehead atoms. The molecule has 1 saturated carbocycles. The highest BCUT2D eigenvalue weighted by Crippen LogP contribution is 2.49. The summed E-state index contributed by atoms with van der Waals surface area (Å²) in [7, 11) is 2.31. The van der Waals surface area contributed by atoms with Crippen LogP contribution in [0.3, 0.4) is 0 Å². The molecule has 2 aliphatic rings. The molecule has 1 nitrogen and oxygen atoms in total. The van der Waals surface area contributed by atoms with Crippen LogP contribution in [0.2, 0.25) is 0 Å². The van der Waals surface area contributed by atoms with Crippen LogP contribution in [-0.4, -0.2) is 25.0 Å². The van der Waals surface area contributed by atoms with Gasteiger partial charge in [0, 0.05) is 6.54 Å². The molecule has 0 aromatic carbocycles. The van der Waals surface area contributed by atoms with Gasteiger partial charge in [0.1, 0.15) is 0 Å². The molecule has 1 unspecified atom stereocenters. The summed E-state index contributed by atoms with van der Waals surface area (Å²) in [6.07, 6.45) is 8.89. The molecule has 0 aromatic heterocycles. The topological polar surface area (TPSA) is 3.24 Å². The maximum Gasteiger partial charge on any atom is 0.00377 e. The van der Waals surface area contributed by atoms with Crippen molar-refractivity contribution in [3.8, 4) is 0 Å². The molecule has 1 saturated heterocycles. The van der Waals surface area contributed by atoms with Crippen molar-refractivity contribution >= 4 is 0 Å². The van der Waals surface area contributed by atoms with Crippen LogP contribution in [0.5, 0.6) is 0 Å². The summed E-state index contributed by atoms with van der Waals surface area (Å²) in [6.45, 7) is 7.57. The van der Waals surface area contributed by atoms with E-state index in [0.717, 1.165) is 11.8 Å². The highest BCUT2D eigenvalue weighted by molar-refractivity contribution is 4.95. The van der Waals surface area contributed by atoms with Gasteiger partial charge in [0.05, 0.1) is 0 Å². The lowest BCUT2D eigenvalue weighted by molar-refractivity contribution is -0.0155. The molecule has 2 fully saturated rings. The van der Waals surface area contributed by atoms with E-state index >= 15 is 0 Å². The standard InChI is InChI=1S/C14H27N/c1-12(2)13-7-10-15(3)11-14(13)8-5-4-6-9-14/h12-13H,4-11H2,1-3H3. The van der Waals surface area contributed by atoms with Crippen LogP contribution >= 0.6 is 0 Å². The Morgan fingerprint density at radius 3 is 2.40 bits per heavy atom. The molecule has 88 valence electrons. The van der Waals surface area contributed by atoms with Gasteiger partial charge in [-0.2, -0.15) is 0 Å². The summed E-state index contributed by atoms with van der Waals surface area (Å²) in [5.41, 5.74) is 0.694. The van der Waals surface area contributed by atoms with Gasteiger partial charge in [-0.05, 0) is 50.1 Å². The van der Waals surface area contributed by atoms with Crippen LogP contribution in [0.15, 0.2) is 0 Å². The molecule has 0 N–H and O–H groups in total. The molecule has 15 heavy (non-hydrogen) atoms. The van der Waals surface area contributed by atoms with Gasteiger partial charge in [0.25, 0.3) is 0 Å². The number of piperidine rings is 1. The molecule has 2 rings (SSSR count). The normalized spacial score (nSPS) is 32.4. The number of hydrogen-bond donors (Lipinski definition) is 0. The quantitative estimate of drug-likeness (QED) is 0.638. The Morgan fingerprint density at radius 1 is 1.13 bits per heavy atom. The van der Waals surface area contributed by atoms with Crippen LogP contribution in [0.1, 0.15) is 52.4 Å². The first kappa shape index (κ1) is 11.4. The predicted molar refractivity (Wildman–Crippen MR) is 66.0 cm³/mol. The summed E-state index contributed by atoms with van der Waals surface area (Å²) in [5.74, 6) is 1.88. The minimum atomic E-state index is 0.694. The Balaban J connectivity index is 2.14. The zero-order valence-corrected chi connectivity index (χ0v) is 10.8. The van der Waals surface area contributed by atoms with Crippen molar-refractivity contribution in [1.82, 2.24) is 4.90 Å². The van der Waals surface area contributed by atoms with Crippen molar-refractivity contribution in [2.45, 2.75) is 52.4 Å². The SMILES string of the molecule is CC(C)C1CCN(C)CC12CCCCC2. The van der Waals surface area contributed by atoms with Crippen molar-refractivity contribution in [2.24, 2.45) is 17.3 Å². The third-order valence-electron chi connectivity index (χ3n) is 4.85. The second-order valence-electron chi connectivity index (χ2n) is 6.30. The Morgan fingerprint density at radius 2 is 1.80 bits per heavy atom. The monoisotopic (exact) mass is 209 g/mol. The molecule has 0 aromatic rings. The van der Waals surface area contributed by atoms with Gasteiger partial charge in [0.2, 0.25) is 0 Å². The zero-order chi connectivity index (χ0) is 10.9. The second kappa shape index (κ2) is 4.45. The average molecular weight is 209 g/mol. The number of likely N-dealkylation sites (tertiary alicyclic amines) is 1. The van der Waals surface area contributed by atoms with Crippen molar-refractivity contribution in [3.63, 3.8) is 0 Å². The summed E-state index contributed by atoms with van der Waals surface area (Å²) < 4.78 is 0. The molecule has 1 aliphatic heterocycles. The van der Waals surface area contributed by atoms with E-state index in [0.29, 0.717) is 5.41 Å². The molecule has 0 amide bonds. The van der Waals surface area contributed by atoms with E-state index in [1.165, 1.54) is 51.6 Å². The highest BCUT2D eigenvalue weighted by Gasteiger charge is 2.43. The molecule has 1 aliphatic carbocycles. The van der Waals surface area contributed by atoms with Gasteiger partial charge in [-0.25, -0.2) is 0 Å². The maximum atomic E-state index is 2.57. The fourth-order valence-electron chi connectivity index (χ4n) is 4.22. The summed E-state index contributed by atoms with van der Waals surface area (Å²) in [5, 5.41) is 0. The Hall–Kier alpha value is -0.0400. The van der Waals surface area contributed by atoms with Crippen molar-refractivity contribution in [3.05, 3.63) is 0 Å². The molecule has 1 spiro atoms. The number of hydrogen-bond acceptors (Lipinski definition) is 1. The van der Waals surface area contributed by atoms with Gasteiger partial charge in [-0.15, -0.1) is 0 Å². The van der Waals surface area contributed by atoms with E-state index in [4.69, 9.17) is 0 Å². The van der Waals surface area contributed by atoms with Crippen LogP contribution < -0.4 is 0 Å². The van der Waals surface area contributed by atoms with Crippen molar-refractivity contribution in [1.29, 1.82) is 0 Å². The van der Waals surface area contributed by atoms with Crippen LogP contribution in [-0.2, 0) is 0 Å². The lowest BCUT2D eigenvalue weighted by Crippen LogP contribution is -2.49. The van der Waals surface area contributed by atoms with Crippen molar-refractivity contribution < 1.29 is 0 Å². The molecular formula is C14H27N. The highest BCUT2D eigenvalue weighted by atomic mass is 15.1. The Labute approximate surface area is 95.2 Å². The zero-order valence-electron chi connectivity index (χ0n) is 10.8. The van der Waals surface area contributed by atoms with Gasteiger partial charge < -0.3 is 4.90 Å². The molecule has 1 heterocycles. The third kappa shape index (κ3) is 2.22. The van der Waals surface area contributed by atoms with E-state index in [2.05, 4.69) is 25.8 Å². The largest absolute Gasteiger partial charge is 0.306 e. The van der Waals surface area contributed by atoms with E-state index in [1.54, 1.807) is 0 Å². The van der Waals surface area contributed by atoms with Gasteiger partial charge in [-0.3, -0.25) is 0 Å². The van der Waals surface area contributed by atoms with Crippen LogP contribution in [0, 0.1) is 17.3 Å². The van der Waals surface area contributed by atoms with Gasteiger partial charge >= 0.3 is 0 Å². The summed E-state index contributed by atoms with van der Waals surface area (Å²) in [4.78, 5) is 2.57. The molecule has 0 radical (unpaired) electrons. The molecular weight excluding hydrogens is 182 g/mol. The van der Waals surface area contributed by atoms with Crippen molar-refractivity contribution in [2.75, 3.05) is 20.1 Å². The van der Waals surface area contributed by atoms with E-state index in [9.17, 15) is 0 Å². The first-order valence-corrected chi connectivity index (χ1v) is 6.83. The van der Waals surface area contributed by atoms with E-state index in [1.807, 2.05) is 0 Å². The number of rotatable bonds is 1. The Bertz CT molecular complexity index is 203. The first-order valence-electron chi connectivity index (χ1n) is 6.83. The minimum Gasteiger partial charge on any atom is -0.306 e. The smallest absolute Gasteiger partial charge is 0.00377 e. The second-order valence-corrected chi connectivity index (χ2v) is 6.30. The predicted octanol–water partition coefficient (Wildman–Crippen LogP) is 3.54. The lowest BCUT2D eigenvalue weighted by atomic mass is 9.60. The molecule has 1 atom stereocenters.